The number of nitrogens with zero attached hydrogens (tertiary/aromatic N) is 2. The Morgan fingerprint density at radius 1 is 1.29 bits per heavy atom. The van der Waals surface area contributed by atoms with Gasteiger partial charge >= 0.3 is 0 Å². The molecule has 21 heavy (non-hydrogen) atoms. The number of amidine groups is 1. The Morgan fingerprint density at radius 3 is 2.76 bits per heavy atom. The van der Waals surface area contributed by atoms with Crippen LogP contribution in [-0.2, 0) is 0 Å². The van der Waals surface area contributed by atoms with Crippen LogP contribution in [0.5, 0.6) is 0 Å². The van der Waals surface area contributed by atoms with Gasteiger partial charge in [-0.1, -0.05) is 23.6 Å². The average molecular weight is 295 g/mol. The molecule has 2 fully saturated rings. The fourth-order valence-electron chi connectivity index (χ4n) is 3.63. The van der Waals surface area contributed by atoms with Crippen molar-refractivity contribution >= 4 is 5.84 Å². The van der Waals surface area contributed by atoms with E-state index in [1.165, 1.54) is 31.3 Å². The van der Waals surface area contributed by atoms with Crippen molar-refractivity contribution in [1.29, 1.82) is 0 Å². The lowest BCUT2D eigenvalue weighted by atomic mass is 9.80. The van der Waals surface area contributed by atoms with E-state index in [9.17, 15) is 5.11 Å². The highest BCUT2D eigenvalue weighted by atomic mass is 16.4. The third kappa shape index (κ3) is 5.32. The van der Waals surface area contributed by atoms with Crippen LogP contribution >= 0.6 is 0 Å². The second kappa shape index (κ2) is 8.39. The molecule has 1 heterocycles. The van der Waals surface area contributed by atoms with Crippen molar-refractivity contribution in [2.24, 2.45) is 16.8 Å². The number of allylic oxidation sites excluding steroid dienone is 1. The van der Waals surface area contributed by atoms with Crippen LogP contribution in [0.4, 0.5) is 0 Å². The van der Waals surface area contributed by atoms with Gasteiger partial charge in [0.2, 0.25) is 0 Å². The second-order valence-electron chi connectivity index (χ2n) is 6.44. The number of β-amino-alcohol motifs (C(OH)–C–C–N with tert-alkyl or cyclic N) is 1. The summed E-state index contributed by atoms with van der Waals surface area (Å²) in [6, 6.07) is 0. The second-order valence-corrected chi connectivity index (χ2v) is 6.44. The van der Waals surface area contributed by atoms with E-state index in [1.54, 1.807) is 6.08 Å². The van der Waals surface area contributed by atoms with Crippen molar-refractivity contribution < 1.29 is 10.3 Å². The molecule has 1 saturated heterocycles. The van der Waals surface area contributed by atoms with Gasteiger partial charge in [-0.05, 0) is 63.6 Å². The molecule has 0 bridgehead atoms. The SMILES string of the molecule is NC(C=C1CCCCC1CC(O)CN1CCCCC1)=NO. The summed E-state index contributed by atoms with van der Waals surface area (Å²) < 4.78 is 0. The smallest absolute Gasteiger partial charge is 0.162 e. The number of nitrogens with two attached hydrogens (primary N) is 1. The molecule has 5 nitrogen and oxygen atoms in total. The highest BCUT2D eigenvalue weighted by molar-refractivity contribution is 5.91. The molecule has 2 unspecified atom stereocenters. The molecule has 1 saturated carbocycles. The van der Waals surface area contributed by atoms with Crippen LogP contribution in [0.2, 0.25) is 0 Å². The summed E-state index contributed by atoms with van der Waals surface area (Å²) in [7, 11) is 0. The summed E-state index contributed by atoms with van der Waals surface area (Å²) in [5.41, 5.74) is 6.83. The third-order valence-corrected chi connectivity index (χ3v) is 4.72. The van der Waals surface area contributed by atoms with Crippen LogP contribution in [0.1, 0.15) is 51.4 Å². The molecule has 0 aromatic carbocycles. The van der Waals surface area contributed by atoms with Gasteiger partial charge in [0, 0.05) is 6.54 Å². The number of hydrogen-bond donors (Lipinski definition) is 3. The van der Waals surface area contributed by atoms with E-state index in [2.05, 4.69) is 10.1 Å². The highest BCUT2D eigenvalue weighted by Gasteiger charge is 2.23. The van der Waals surface area contributed by atoms with Crippen LogP contribution in [0, 0.1) is 5.92 Å². The Morgan fingerprint density at radius 2 is 2.05 bits per heavy atom. The van der Waals surface area contributed by atoms with Crippen LogP contribution in [0.3, 0.4) is 0 Å². The average Bonchev–Trinajstić information content (AvgIpc) is 2.50. The van der Waals surface area contributed by atoms with Crippen LogP contribution in [0.15, 0.2) is 16.8 Å². The number of rotatable bonds is 5. The fraction of sp³-hybridized carbons (Fsp3) is 0.812. The lowest BCUT2D eigenvalue weighted by molar-refractivity contribution is 0.0825. The van der Waals surface area contributed by atoms with Crippen LogP contribution in [-0.4, -0.2) is 46.8 Å². The quantitative estimate of drug-likeness (QED) is 0.314. The number of piperidine rings is 1. The summed E-state index contributed by atoms with van der Waals surface area (Å²) in [6.45, 7) is 3.02. The van der Waals surface area contributed by atoms with E-state index in [1.807, 2.05) is 0 Å². The Bertz CT molecular complexity index is 376. The lowest BCUT2D eigenvalue weighted by Crippen LogP contribution is -2.37. The van der Waals surface area contributed by atoms with E-state index in [4.69, 9.17) is 10.9 Å². The monoisotopic (exact) mass is 295 g/mol. The molecule has 120 valence electrons. The van der Waals surface area contributed by atoms with E-state index in [0.717, 1.165) is 45.3 Å². The minimum Gasteiger partial charge on any atom is -0.409 e. The molecule has 0 amide bonds. The predicted octanol–water partition coefficient (Wildman–Crippen LogP) is 2.09. The van der Waals surface area contributed by atoms with Gasteiger partial charge in [0.15, 0.2) is 5.84 Å². The Balaban J connectivity index is 1.87. The van der Waals surface area contributed by atoms with Gasteiger partial charge in [0.1, 0.15) is 0 Å². The zero-order chi connectivity index (χ0) is 15.1. The molecule has 5 heteroatoms. The Hall–Kier alpha value is -1.07. The standard InChI is InChI=1S/C16H29N3O2/c17-16(18-21)11-14-7-3-2-6-13(14)10-15(20)12-19-8-4-1-5-9-19/h11,13,15,20-21H,1-10,12H2,(H2,17,18). The number of aliphatic hydroxyl groups is 1. The van der Waals surface area contributed by atoms with Crippen LogP contribution in [0.25, 0.3) is 0 Å². The first-order chi connectivity index (χ1) is 10.2. The Labute approximate surface area is 127 Å². The maximum absolute atomic E-state index is 10.4. The van der Waals surface area contributed by atoms with Crippen molar-refractivity contribution in [2.75, 3.05) is 19.6 Å². The van der Waals surface area contributed by atoms with Crippen molar-refractivity contribution in [3.8, 4) is 0 Å². The molecule has 0 aromatic rings. The normalized spacial score (nSPS) is 28.7. The predicted molar refractivity (Wildman–Crippen MR) is 84.4 cm³/mol. The first kappa shape index (κ1) is 16.3. The Kier molecular flexibility index (Phi) is 6.51. The first-order valence-electron chi connectivity index (χ1n) is 8.27. The molecular weight excluding hydrogens is 266 g/mol. The number of aliphatic hydroxyl groups excluding tert-OH is 1. The third-order valence-electron chi connectivity index (χ3n) is 4.72. The van der Waals surface area contributed by atoms with Gasteiger partial charge in [0.25, 0.3) is 0 Å². The van der Waals surface area contributed by atoms with Crippen molar-refractivity contribution in [1.82, 2.24) is 4.90 Å². The molecule has 0 radical (unpaired) electrons. The van der Waals surface area contributed by atoms with E-state index < -0.39 is 0 Å². The van der Waals surface area contributed by atoms with Gasteiger partial charge < -0.3 is 20.9 Å². The molecule has 2 rings (SSSR count). The molecule has 4 N–H and O–H groups in total. The van der Waals surface area contributed by atoms with Crippen LogP contribution < -0.4 is 5.73 Å². The van der Waals surface area contributed by atoms with Crippen molar-refractivity contribution in [3.05, 3.63) is 11.6 Å². The molecule has 1 aliphatic carbocycles. The zero-order valence-corrected chi connectivity index (χ0v) is 12.9. The van der Waals surface area contributed by atoms with E-state index >= 15 is 0 Å². The summed E-state index contributed by atoms with van der Waals surface area (Å²) in [4.78, 5) is 2.38. The molecule has 2 aliphatic rings. The van der Waals surface area contributed by atoms with Gasteiger partial charge in [-0.15, -0.1) is 0 Å². The molecule has 1 aliphatic heterocycles. The highest BCUT2D eigenvalue weighted by Crippen LogP contribution is 2.32. The number of likely N-dealkylation sites (tertiary alicyclic amines) is 1. The summed E-state index contributed by atoms with van der Waals surface area (Å²) in [6.07, 6.45) is 10.6. The maximum Gasteiger partial charge on any atom is 0.162 e. The molecule has 0 spiro atoms. The number of oxime groups is 1. The topological polar surface area (TPSA) is 82.1 Å². The zero-order valence-electron chi connectivity index (χ0n) is 12.9. The molecular formula is C16H29N3O2. The lowest BCUT2D eigenvalue weighted by Gasteiger charge is -2.31. The minimum absolute atomic E-state index is 0.169. The van der Waals surface area contributed by atoms with Crippen molar-refractivity contribution in [3.63, 3.8) is 0 Å². The first-order valence-corrected chi connectivity index (χ1v) is 8.27. The van der Waals surface area contributed by atoms with Gasteiger partial charge in [-0.2, -0.15) is 0 Å². The van der Waals surface area contributed by atoms with Gasteiger partial charge in [-0.3, -0.25) is 0 Å². The largest absolute Gasteiger partial charge is 0.409 e. The maximum atomic E-state index is 10.4. The van der Waals surface area contributed by atoms with Crippen molar-refractivity contribution in [2.45, 2.75) is 57.5 Å². The van der Waals surface area contributed by atoms with E-state index in [0.29, 0.717) is 5.92 Å². The molecule has 2 atom stereocenters. The summed E-state index contributed by atoms with van der Waals surface area (Å²) >= 11 is 0. The minimum atomic E-state index is -0.276. The van der Waals surface area contributed by atoms with Gasteiger partial charge in [-0.25, -0.2) is 0 Å². The van der Waals surface area contributed by atoms with Gasteiger partial charge in [0.05, 0.1) is 6.10 Å². The molecule has 0 aromatic heterocycles. The number of hydrogen-bond acceptors (Lipinski definition) is 4. The summed E-state index contributed by atoms with van der Waals surface area (Å²) in [5.74, 6) is 0.543. The fourth-order valence-corrected chi connectivity index (χ4v) is 3.63. The summed E-state index contributed by atoms with van der Waals surface area (Å²) in [5, 5.41) is 22.1. The van der Waals surface area contributed by atoms with E-state index in [-0.39, 0.29) is 11.9 Å².